The van der Waals surface area contributed by atoms with E-state index in [0.29, 0.717) is 21.0 Å². The van der Waals surface area contributed by atoms with Crippen molar-refractivity contribution in [3.63, 3.8) is 0 Å². The van der Waals surface area contributed by atoms with Gasteiger partial charge in [-0.25, -0.2) is 4.79 Å². The minimum Gasteiger partial charge on any atom is -0.478 e. The van der Waals surface area contributed by atoms with Crippen LogP contribution in [0, 0.1) is 6.92 Å². The third-order valence-corrected chi connectivity index (χ3v) is 3.60. The second-order valence-corrected chi connectivity index (χ2v) is 5.66. The Hall–Kier alpha value is -1.78. The average molecular weight is 368 g/mol. The van der Waals surface area contributed by atoms with Crippen LogP contribution in [0.1, 0.15) is 11.1 Å². The van der Waals surface area contributed by atoms with Crippen LogP contribution in [0.15, 0.2) is 46.9 Å². The number of ether oxygens (including phenoxy) is 1. The molecule has 5 heteroatoms. The van der Waals surface area contributed by atoms with Crippen molar-refractivity contribution in [3.8, 4) is 11.5 Å². The molecule has 0 aliphatic carbocycles. The van der Waals surface area contributed by atoms with Crippen LogP contribution in [0.5, 0.6) is 11.5 Å². The Labute approximate surface area is 135 Å². The molecule has 0 saturated carbocycles. The van der Waals surface area contributed by atoms with E-state index in [-0.39, 0.29) is 0 Å². The third-order valence-electron chi connectivity index (χ3n) is 2.68. The van der Waals surface area contributed by atoms with Gasteiger partial charge in [0.2, 0.25) is 0 Å². The zero-order valence-corrected chi connectivity index (χ0v) is 13.5. The van der Waals surface area contributed by atoms with E-state index in [9.17, 15) is 4.79 Å². The molecule has 0 radical (unpaired) electrons. The zero-order chi connectivity index (χ0) is 15.4. The van der Waals surface area contributed by atoms with Gasteiger partial charge in [-0.3, -0.25) is 0 Å². The van der Waals surface area contributed by atoms with Crippen LogP contribution < -0.4 is 4.74 Å². The van der Waals surface area contributed by atoms with Crippen molar-refractivity contribution in [2.24, 2.45) is 0 Å². The van der Waals surface area contributed by atoms with Crippen LogP contribution in [0.25, 0.3) is 6.08 Å². The molecule has 21 heavy (non-hydrogen) atoms. The predicted molar refractivity (Wildman–Crippen MR) is 87.1 cm³/mol. The van der Waals surface area contributed by atoms with Crippen LogP contribution in [-0.2, 0) is 4.79 Å². The van der Waals surface area contributed by atoms with Gasteiger partial charge in [-0.2, -0.15) is 0 Å². The van der Waals surface area contributed by atoms with Crippen molar-refractivity contribution in [2.45, 2.75) is 6.92 Å². The number of hydrogen-bond donors (Lipinski definition) is 1. The fourth-order valence-corrected chi connectivity index (χ4v) is 2.43. The number of aryl methyl sites for hydroxylation is 1. The molecule has 2 aromatic carbocycles. The number of halogens is 2. The van der Waals surface area contributed by atoms with Gasteiger partial charge in [0.25, 0.3) is 0 Å². The molecule has 0 atom stereocenters. The van der Waals surface area contributed by atoms with Gasteiger partial charge >= 0.3 is 5.97 Å². The monoisotopic (exact) mass is 366 g/mol. The summed E-state index contributed by atoms with van der Waals surface area (Å²) in [6.45, 7) is 1.95. The molecule has 0 aliphatic heterocycles. The normalized spacial score (nSPS) is 10.8. The predicted octanol–water partition coefficient (Wildman–Crippen LogP) is 5.30. The fraction of sp³-hybridized carbons (Fsp3) is 0.0625. The molecule has 0 bridgehead atoms. The molecule has 2 aromatic rings. The molecule has 0 aliphatic rings. The molecule has 108 valence electrons. The summed E-state index contributed by atoms with van der Waals surface area (Å²) in [5.41, 5.74) is 1.81. The average Bonchev–Trinajstić information content (AvgIpc) is 2.42. The van der Waals surface area contributed by atoms with Crippen molar-refractivity contribution in [2.75, 3.05) is 0 Å². The molecule has 0 aromatic heterocycles. The van der Waals surface area contributed by atoms with E-state index in [2.05, 4.69) is 15.9 Å². The Bertz CT molecular complexity index is 711. The first kappa shape index (κ1) is 15.6. The molecule has 0 amide bonds. The molecule has 3 nitrogen and oxygen atoms in total. The first-order valence-electron chi connectivity index (χ1n) is 6.10. The maximum Gasteiger partial charge on any atom is 0.328 e. The minimum absolute atomic E-state index is 0.539. The molecule has 0 spiro atoms. The summed E-state index contributed by atoms with van der Waals surface area (Å²) in [5.74, 6) is 0.183. The number of aliphatic carboxylic acids is 1. The van der Waals surface area contributed by atoms with Crippen LogP contribution in [0.4, 0.5) is 0 Å². The smallest absolute Gasteiger partial charge is 0.328 e. The summed E-state index contributed by atoms with van der Waals surface area (Å²) in [6.07, 6.45) is 2.59. The number of benzene rings is 2. The van der Waals surface area contributed by atoms with Gasteiger partial charge in [-0.15, -0.1) is 0 Å². The second-order valence-electron chi connectivity index (χ2n) is 4.40. The molecule has 0 saturated heterocycles. The summed E-state index contributed by atoms with van der Waals surface area (Å²) in [6, 6.07) is 10.8. The van der Waals surface area contributed by atoms with E-state index in [4.69, 9.17) is 21.4 Å². The zero-order valence-electron chi connectivity index (χ0n) is 11.1. The van der Waals surface area contributed by atoms with Crippen molar-refractivity contribution in [3.05, 3.63) is 63.1 Å². The Morgan fingerprint density at radius 3 is 2.57 bits per heavy atom. The Morgan fingerprint density at radius 2 is 1.95 bits per heavy atom. The quantitative estimate of drug-likeness (QED) is 0.746. The van der Waals surface area contributed by atoms with Gasteiger partial charge in [0.1, 0.15) is 11.5 Å². The Balaban J connectivity index is 2.23. The maximum atomic E-state index is 10.5. The van der Waals surface area contributed by atoms with Gasteiger partial charge in [0, 0.05) is 6.08 Å². The van der Waals surface area contributed by atoms with Crippen LogP contribution in [0.2, 0.25) is 5.02 Å². The summed E-state index contributed by atoms with van der Waals surface area (Å²) in [5, 5.41) is 9.15. The number of hydrogen-bond acceptors (Lipinski definition) is 2. The van der Waals surface area contributed by atoms with Crippen molar-refractivity contribution in [1.82, 2.24) is 0 Å². The van der Waals surface area contributed by atoms with E-state index >= 15 is 0 Å². The van der Waals surface area contributed by atoms with E-state index in [1.54, 1.807) is 18.2 Å². The van der Waals surface area contributed by atoms with Gasteiger partial charge < -0.3 is 9.84 Å². The van der Waals surface area contributed by atoms with Crippen molar-refractivity contribution < 1.29 is 14.6 Å². The van der Waals surface area contributed by atoms with Crippen molar-refractivity contribution in [1.29, 1.82) is 0 Å². The van der Waals surface area contributed by atoms with E-state index in [1.807, 2.05) is 25.1 Å². The topological polar surface area (TPSA) is 46.5 Å². The summed E-state index contributed by atoms with van der Waals surface area (Å²) in [4.78, 5) is 10.5. The van der Waals surface area contributed by atoms with Gasteiger partial charge in [0.05, 0.1) is 9.50 Å². The Kier molecular flexibility index (Phi) is 5.04. The minimum atomic E-state index is -0.988. The lowest BCUT2D eigenvalue weighted by atomic mass is 10.2. The lowest BCUT2D eigenvalue weighted by molar-refractivity contribution is -0.131. The van der Waals surface area contributed by atoms with E-state index < -0.39 is 5.97 Å². The van der Waals surface area contributed by atoms with Crippen LogP contribution in [0.3, 0.4) is 0 Å². The van der Waals surface area contributed by atoms with E-state index in [1.165, 1.54) is 6.08 Å². The standard InChI is InChI=1S/C16H12BrClO3/c1-10-2-5-15(13(18)8-10)21-14-6-3-11(9-12(14)17)4-7-16(19)20/h2-9H,1H3,(H,19,20)/b7-4+. The lowest BCUT2D eigenvalue weighted by Crippen LogP contribution is -1.89. The van der Waals surface area contributed by atoms with Gasteiger partial charge in [-0.05, 0) is 64.3 Å². The summed E-state index contributed by atoms with van der Waals surface area (Å²) in [7, 11) is 0. The van der Waals surface area contributed by atoms with Crippen molar-refractivity contribution >= 4 is 39.6 Å². The summed E-state index contributed by atoms with van der Waals surface area (Å²) < 4.78 is 6.47. The van der Waals surface area contributed by atoms with Gasteiger partial charge in [-0.1, -0.05) is 23.7 Å². The SMILES string of the molecule is Cc1ccc(Oc2ccc(/C=C/C(=O)O)cc2Br)c(Cl)c1. The number of rotatable bonds is 4. The maximum absolute atomic E-state index is 10.5. The highest BCUT2D eigenvalue weighted by Gasteiger charge is 2.07. The molecule has 0 unspecified atom stereocenters. The highest BCUT2D eigenvalue weighted by molar-refractivity contribution is 9.10. The van der Waals surface area contributed by atoms with Gasteiger partial charge in [0.15, 0.2) is 0 Å². The highest BCUT2D eigenvalue weighted by atomic mass is 79.9. The summed E-state index contributed by atoms with van der Waals surface area (Å²) >= 11 is 9.53. The molecule has 2 rings (SSSR count). The number of carboxylic acids is 1. The molecule has 0 heterocycles. The largest absolute Gasteiger partial charge is 0.478 e. The lowest BCUT2D eigenvalue weighted by Gasteiger charge is -2.10. The first-order valence-corrected chi connectivity index (χ1v) is 7.27. The van der Waals surface area contributed by atoms with Crippen LogP contribution >= 0.6 is 27.5 Å². The second kappa shape index (κ2) is 6.78. The van der Waals surface area contributed by atoms with E-state index in [0.717, 1.165) is 17.2 Å². The number of carbonyl (C=O) groups is 1. The fourth-order valence-electron chi connectivity index (χ4n) is 1.68. The highest BCUT2D eigenvalue weighted by Crippen LogP contribution is 2.34. The third kappa shape index (κ3) is 4.34. The molecule has 0 fully saturated rings. The Morgan fingerprint density at radius 1 is 1.24 bits per heavy atom. The molecular weight excluding hydrogens is 356 g/mol. The first-order chi connectivity index (χ1) is 9.95. The molecule has 1 N–H and O–H groups in total. The van der Waals surface area contributed by atoms with Crippen LogP contribution in [-0.4, -0.2) is 11.1 Å². The molecular formula is C16H12BrClO3. The number of carboxylic acid groups (broad SMARTS) is 1.